The molecule has 1 aliphatic heterocycles. The van der Waals surface area contributed by atoms with Crippen molar-refractivity contribution in [1.82, 2.24) is 5.32 Å². The van der Waals surface area contributed by atoms with Crippen molar-refractivity contribution in [3.8, 4) is 0 Å². The Morgan fingerprint density at radius 2 is 2.00 bits per heavy atom. The predicted octanol–water partition coefficient (Wildman–Crippen LogP) is 3.84. The summed E-state index contributed by atoms with van der Waals surface area (Å²) < 4.78 is 0. The number of rotatable bonds is 3. The second-order valence-corrected chi connectivity index (χ2v) is 5.85. The lowest BCUT2D eigenvalue weighted by atomic mass is 9.98. The molecular weight excluding hydrogens is 214 g/mol. The fourth-order valence-electron chi connectivity index (χ4n) is 2.58. The van der Waals surface area contributed by atoms with Crippen molar-refractivity contribution in [3.63, 3.8) is 0 Å². The van der Waals surface area contributed by atoms with E-state index in [9.17, 15) is 0 Å². The molecule has 0 bridgehead atoms. The summed E-state index contributed by atoms with van der Waals surface area (Å²) in [5, 5.41) is 4.34. The summed E-state index contributed by atoms with van der Waals surface area (Å²) in [6.45, 7) is 9.96. The van der Waals surface area contributed by atoms with Crippen LogP contribution in [-0.4, -0.2) is 11.8 Å². The Morgan fingerprint density at radius 1 is 1.25 bits per heavy atom. The first-order valence-corrected chi connectivity index (χ1v) is 7.06. The molecule has 0 aliphatic carbocycles. The van der Waals surface area contributed by atoms with Crippen molar-refractivity contribution >= 4 is 11.8 Å². The minimum atomic E-state index is 0.550. The van der Waals surface area contributed by atoms with E-state index in [1.807, 2.05) is 0 Å². The first-order chi connectivity index (χ1) is 7.67. The van der Waals surface area contributed by atoms with Crippen molar-refractivity contribution < 1.29 is 0 Å². The van der Waals surface area contributed by atoms with Crippen molar-refractivity contribution in [1.29, 1.82) is 0 Å². The number of aryl methyl sites for hydroxylation is 2. The number of hydrogen-bond donors (Lipinski definition) is 1. The molecule has 0 radical (unpaired) electrons. The molecule has 0 fully saturated rings. The van der Waals surface area contributed by atoms with Crippen LogP contribution in [0.1, 0.15) is 43.0 Å². The lowest BCUT2D eigenvalue weighted by molar-refractivity contribution is 0.527. The van der Waals surface area contributed by atoms with Crippen LogP contribution in [0.4, 0.5) is 0 Å². The molecule has 0 saturated carbocycles. The highest BCUT2D eigenvalue weighted by Crippen LogP contribution is 2.47. The van der Waals surface area contributed by atoms with Gasteiger partial charge in [0.2, 0.25) is 0 Å². The van der Waals surface area contributed by atoms with Crippen LogP contribution in [0.5, 0.6) is 0 Å². The van der Waals surface area contributed by atoms with Crippen molar-refractivity contribution in [2.24, 2.45) is 0 Å². The lowest BCUT2D eigenvalue weighted by Gasteiger charge is -2.19. The Morgan fingerprint density at radius 3 is 2.62 bits per heavy atom. The normalized spacial score (nSPS) is 23.5. The molecule has 1 nitrogen and oxygen atoms in total. The fourth-order valence-corrected chi connectivity index (χ4v) is 3.99. The van der Waals surface area contributed by atoms with E-state index in [4.69, 9.17) is 0 Å². The maximum absolute atomic E-state index is 3.64. The van der Waals surface area contributed by atoms with Gasteiger partial charge in [0.25, 0.3) is 0 Å². The molecule has 1 heterocycles. The van der Waals surface area contributed by atoms with Gasteiger partial charge < -0.3 is 5.32 Å². The molecule has 0 saturated heterocycles. The van der Waals surface area contributed by atoms with E-state index in [1.165, 1.54) is 28.0 Å². The van der Waals surface area contributed by atoms with Crippen LogP contribution in [0.3, 0.4) is 0 Å². The van der Waals surface area contributed by atoms with Gasteiger partial charge in [0, 0.05) is 16.2 Å². The van der Waals surface area contributed by atoms with E-state index in [0.29, 0.717) is 11.3 Å². The van der Waals surface area contributed by atoms with Gasteiger partial charge in [0.15, 0.2) is 0 Å². The largest absolute Gasteiger partial charge is 0.309 e. The van der Waals surface area contributed by atoms with Gasteiger partial charge in [-0.3, -0.25) is 0 Å². The van der Waals surface area contributed by atoms with E-state index >= 15 is 0 Å². The third-order valence-corrected chi connectivity index (χ3v) is 4.95. The van der Waals surface area contributed by atoms with E-state index in [0.717, 1.165) is 6.54 Å². The van der Waals surface area contributed by atoms with Crippen LogP contribution < -0.4 is 5.32 Å². The maximum atomic E-state index is 3.64. The Kier molecular flexibility index (Phi) is 3.60. The maximum Gasteiger partial charge on any atom is 0.0455 e. The predicted molar refractivity (Wildman–Crippen MR) is 72.3 cm³/mol. The highest BCUT2D eigenvalue weighted by atomic mass is 32.2. The molecule has 16 heavy (non-hydrogen) atoms. The first-order valence-electron chi connectivity index (χ1n) is 6.18. The highest BCUT2D eigenvalue weighted by Gasteiger charge is 2.32. The quantitative estimate of drug-likeness (QED) is 0.854. The molecule has 1 aromatic rings. The van der Waals surface area contributed by atoms with Crippen LogP contribution in [0.25, 0.3) is 0 Å². The van der Waals surface area contributed by atoms with E-state index < -0.39 is 0 Å². The van der Waals surface area contributed by atoms with Crippen LogP contribution in [0.2, 0.25) is 0 Å². The molecule has 1 N–H and O–H groups in total. The molecule has 2 rings (SSSR count). The van der Waals surface area contributed by atoms with Crippen LogP contribution in [0.15, 0.2) is 17.0 Å². The minimum Gasteiger partial charge on any atom is -0.309 e. The van der Waals surface area contributed by atoms with Gasteiger partial charge in [-0.1, -0.05) is 31.5 Å². The summed E-state index contributed by atoms with van der Waals surface area (Å²) >= 11 is 2.06. The fraction of sp³-hybridized carbons (Fsp3) is 0.571. The second kappa shape index (κ2) is 4.80. The molecular formula is C14H21NS. The summed E-state index contributed by atoms with van der Waals surface area (Å²) in [6.07, 6.45) is 1.23. The lowest BCUT2D eigenvalue weighted by Crippen LogP contribution is -2.26. The zero-order valence-electron chi connectivity index (χ0n) is 10.6. The zero-order chi connectivity index (χ0) is 11.7. The van der Waals surface area contributed by atoms with Gasteiger partial charge in [-0.25, -0.2) is 0 Å². The van der Waals surface area contributed by atoms with Gasteiger partial charge in [0.05, 0.1) is 0 Å². The number of benzene rings is 1. The van der Waals surface area contributed by atoms with Gasteiger partial charge in [0.1, 0.15) is 0 Å². The molecule has 0 amide bonds. The van der Waals surface area contributed by atoms with Crippen molar-refractivity contribution in [2.75, 3.05) is 6.54 Å². The first kappa shape index (κ1) is 12.0. The van der Waals surface area contributed by atoms with Crippen molar-refractivity contribution in [2.45, 2.75) is 50.3 Å². The number of nitrogens with one attached hydrogen (secondary N) is 1. The zero-order valence-corrected chi connectivity index (χ0v) is 11.4. The van der Waals surface area contributed by atoms with E-state index in [1.54, 1.807) is 0 Å². The Balaban J connectivity index is 2.41. The van der Waals surface area contributed by atoms with E-state index in [2.05, 4.69) is 56.9 Å². The smallest absolute Gasteiger partial charge is 0.0455 e. The minimum absolute atomic E-state index is 0.550. The second-order valence-electron chi connectivity index (χ2n) is 4.60. The summed E-state index contributed by atoms with van der Waals surface area (Å²) in [4.78, 5) is 1.52. The number of fused-ring (bicyclic) bond motifs is 1. The highest BCUT2D eigenvalue weighted by molar-refractivity contribution is 8.00. The topological polar surface area (TPSA) is 12.0 Å². The van der Waals surface area contributed by atoms with Gasteiger partial charge >= 0.3 is 0 Å². The molecule has 2 unspecified atom stereocenters. The Labute approximate surface area is 103 Å². The number of hydrogen-bond acceptors (Lipinski definition) is 2. The van der Waals surface area contributed by atoms with E-state index in [-0.39, 0.29) is 0 Å². The molecule has 0 spiro atoms. The number of thioether (sulfide) groups is 1. The van der Waals surface area contributed by atoms with Crippen LogP contribution >= 0.6 is 11.8 Å². The molecule has 1 aromatic carbocycles. The molecule has 2 heteroatoms. The average Bonchev–Trinajstić information content (AvgIpc) is 2.58. The van der Waals surface area contributed by atoms with Gasteiger partial charge in [-0.15, -0.1) is 11.8 Å². The summed E-state index contributed by atoms with van der Waals surface area (Å²) in [5.74, 6) is 0. The van der Waals surface area contributed by atoms with Gasteiger partial charge in [-0.05, 0) is 37.9 Å². The standard InChI is InChI=1S/C14H21NS/c1-5-12-13(15-6-2)11-8-9(3)7-10(4)14(11)16-12/h7-8,12-13,15H,5-6H2,1-4H3. The van der Waals surface area contributed by atoms with Crippen molar-refractivity contribution in [3.05, 3.63) is 28.8 Å². The molecule has 1 aliphatic rings. The Hall–Kier alpha value is -0.470. The average molecular weight is 235 g/mol. The Bertz CT molecular complexity index is 387. The molecule has 0 aromatic heterocycles. The third-order valence-electron chi connectivity index (χ3n) is 3.25. The summed E-state index contributed by atoms with van der Waals surface area (Å²) in [7, 11) is 0. The SMILES string of the molecule is CCNC1c2cc(C)cc(C)c2SC1CC. The summed E-state index contributed by atoms with van der Waals surface area (Å²) in [6, 6.07) is 5.21. The molecule has 2 atom stereocenters. The monoisotopic (exact) mass is 235 g/mol. The van der Waals surface area contributed by atoms with Gasteiger partial charge in [-0.2, -0.15) is 0 Å². The summed E-state index contributed by atoms with van der Waals surface area (Å²) in [5.41, 5.74) is 4.35. The van der Waals surface area contributed by atoms with Crippen LogP contribution in [-0.2, 0) is 0 Å². The van der Waals surface area contributed by atoms with Crippen LogP contribution in [0, 0.1) is 13.8 Å². The third kappa shape index (κ3) is 2.01. The molecule has 88 valence electrons.